The molecule has 0 fully saturated rings. The van der Waals surface area contributed by atoms with Crippen molar-refractivity contribution in [3.8, 4) is 11.5 Å². The zero-order valence-electron chi connectivity index (χ0n) is 14.3. The van der Waals surface area contributed by atoms with E-state index in [-0.39, 0.29) is 36.9 Å². The maximum absolute atomic E-state index is 12.4. The predicted octanol–water partition coefficient (Wildman–Crippen LogP) is 2.51. The molecule has 2 aromatic rings. The zero-order valence-corrected chi connectivity index (χ0v) is 14.3. The highest BCUT2D eigenvalue weighted by Crippen LogP contribution is 2.36. The summed E-state index contributed by atoms with van der Waals surface area (Å²) in [7, 11) is 1.28. The summed E-state index contributed by atoms with van der Waals surface area (Å²) >= 11 is 0. The molecule has 0 spiro atoms. The number of fused-ring (bicyclic) bond motifs is 1. The van der Waals surface area contributed by atoms with Crippen LogP contribution >= 0.6 is 0 Å². The van der Waals surface area contributed by atoms with Crippen molar-refractivity contribution >= 4 is 17.6 Å². The molecule has 1 aliphatic rings. The van der Waals surface area contributed by atoms with Gasteiger partial charge >= 0.3 is 11.9 Å². The third-order valence-electron chi connectivity index (χ3n) is 3.82. The van der Waals surface area contributed by atoms with Crippen LogP contribution in [0.5, 0.6) is 11.5 Å². The molecule has 9 heteroatoms. The SMILES string of the molecule is COC(=O)c1ccc(COC(=O)c2cc3c(cc2[N+](=O)[O-])OCCO3)cc1. The molecule has 27 heavy (non-hydrogen) atoms. The van der Waals surface area contributed by atoms with E-state index in [1.165, 1.54) is 25.3 Å². The van der Waals surface area contributed by atoms with Crippen LogP contribution in [0.1, 0.15) is 26.3 Å². The van der Waals surface area contributed by atoms with Crippen LogP contribution in [0, 0.1) is 10.1 Å². The van der Waals surface area contributed by atoms with Crippen LogP contribution in [0.15, 0.2) is 36.4 Å². The predicted molar refractivity (Wildman–Crippen MR) is 91.0 cm³/mol. The van der Waals surface area contributed by atoms with E-state index in [0.717, 1.165) is 6.07 Å². The lowest BCUT2D eigenvalue weighted by atomic mass is 10.1. The van der Waals surface area contributed by atoms with Gasteiger partial charge in [0.25, 0.3) is 5.69 Å². The molecule has 2 aromatic carbocycles. The van der Waals surface area contributed by atoms with Gasteiger partial charge in [-0.25, -0.2) is 9.59 Å². The van der Waals surface area contributed by atoms with Crippen molar-refractivity contribution in [1.29, 1.82) is 0 Å². The van der Waals surface area contributed by atoms with Crippen molar-refractivity contribution in [2.45, 2.75) is 6.61 Å². The summed E-state index contributed by atoms with van der Waals surface area (Å²) in [6.07, 6.45) is 0. The van der Waals surface area contributed by atoms with Crippen LogP contribution < -0.4 is 9.47 Å². The van der Waals surface area contributed by atoms with Crippen LogP contribution in [-0.2, 0) is 16.1 Å². The van der Waals surface area contributed by atoms with E-state index in [4.69, 9.17) is 14.2 Å². The van der Waals surface area contributed by atoms with Crippen LogP contribution in [-0.4, -0.2) is 37.2 Å². The maximum Gasteiger partial charge on any atom is 0.345 e. The summed E-state index contributed by atoms with van der Waals surface area (Å²) < 4.78 is 20.4. The number of methoxy groups -OCH3 is 1. The minimum atomic E-state index is -0.865. The first-order chi connectivity index (χ1) is 13.0. The van der Waals surface area contributed by atoms with Crippen molar-refractivity contribution in [2.24, 2.45) is 0 Å². The Bertz CT molecular complexity index is 891. The standard InChI is InChI=1S/C18H15NO8/c1-24-17(20)12-4-2-11(3-5-12)10-27-18(21)13-8-15-16(26-7-6-25-15)9-14(13)19(22)23/h2-5,8-9H,6-7,10H2,1H3. The number of carbonyl (C=O) groups excluding carboxylic acids is 2. The summed E-state index contributed by atoms with van der Waals surface area (Å²) in [6, 6.07) is 8.64. The normalized spacial score (nSPS) is 12.2. The van der Waals surface area contributed by atoms with Gasteiger partial charge < -0.3 is 18.9 Å². The number of nitrogens with zero attached hydrogens (tertiary/aromatic N) is 1. The maximum atomic E-state index is 12.4. The van der Waals surface area contributed by atoms with Gasteiger partial charge in [0.05, 0.1) is 23.7 Å². The van der Waals surface area contributed by atoms with Crippen LogP contribution in [0.25, 0.3) is 0 Å². The molecule has 0 N–H and O–H groups in total. The van der Waals surface area contributed by atoms with E-state index in [1.807, 2.05) is 0 Å². The lowest BCUT2D eigenvalue weighted by molar-refractivity contribution is -0.385. The van der Waals surface area contributed by atoms with Crippen molar-refractivity contribution in [2.75, 3.05) is 20.3 Å². The molecule has 9 nitrogen and oxygen atoms in total. The average molecular weight is 373 g/mol. The molecule has 0 amide bonds. The van der Waals surface area contributed by atoms with E-state index in [1.54, 1.807) is 12.1 Å². The molecule has 1 aliphatic heterocycles. The molecule has 0 unspecified atom stereocenters. The van der Waals surface area contributed by atoms with Crippen molar-refractivity contribution in [1.82, 2.24) is 0 Å². The van der Waals surface area contributed by atoms with Gasteiger partial charge in [-0.05, 0) is 17.7 Å². The second-order valence-corrected chi connectivity index (χ2v) is 5.53. The Labute approximate surface area is 153 Å². The molecule has 0 saturated carbocycles. The Morgan fingerprint density at radius 1 is 1.07 bits per heavy atom. The van der Waals surface area contributed by atoms with Gasteiger partial charge in [0, 0.05) is 6.07 Å². The number of hydrogen-bond donors (Lipinski definition) is 0. The van der Waals surface area contributed by atoms with Gasteiger partial charge in [0.2, 0.25) is 0 Å². The molecule has 1 heterocycles. The van der Waals surface area contributed by atoms with E-state index in [9.17, 15) is 19.7 Å². The molecule has 0 aliphatic carbocycles. The first-order valence-corrected chi connectivity index (χ1v) is 7.92. The topological polar surface area (TPSA) is 114 Å². The summed E-state index contributed by atoms with van der Waals surface area (Å²) in [6.45, 7) is 0.438. The Hall–Kier alpha value is -3.62. The van der Waals surface area contributed by atoms with E-state index >= 15 is 0 Å². The third-order valence-corrected chi connectivity index (χ3v) is 3.82. The first-order valence-electron chi connectivity index (χ1n) is 7.92. The van der Waals surface area contributed by atoms with E-state index < -0.39 is 22.5 Å². The highest BCUT2D eigenvalue weighted by molar-refractivity contribution is 5.95. The number of ether oxygens (including phenoxy) is 4. The largest absolute Gasteiger partial charge is 0.486 e. The van der Waals surface area contributed by atoms with Crippen molar-refractivity contribution in [3.05, 3.63) is 63.2 Å². The highest BCUT2D eigenvalue weighted by atomic mass is 16.6. The lowest BCUT2D eigenvalue weighted by Crippen LogP contribution is -2.17. The molecule has 0 radical (unpaired) electrons. The smallest absolute Gasteiger partial charge is 0.345 e. The number of hydrogen-bond acceptors (Lipinski definition) is 8. The van der Waals surface area contributed by atoms with Gasteiger partial charge in [-0.3, -0.25) is 10.1 Å². The highest BCUT2D eigenvalue weighted by Gasteiger charge is 2.27. The van der Waals surface area contributed by atoms with Crippen LogP contribution in [0.4, 0.5) is 5.69 Å². The average Bonchev–Trinajstić information content (AvgIpc) is 2.70. The number of rotatable bonds is 5. The van der Waals surface area contributed by atoms with Crippen LogP contribution in [0.3, 0.4) is 0 Å². The van der Waals surface area contributed by atoms with Gasteiger partial charge in [-0.1, -0.05) is 12.1 Å². The second kappa shape index (κ2) is 7.73. The van der Waals surface area contributed by atoms with Gasteiger partial charge in [0.15, 0.2) is 11.5 Å². The molecule has 140 valence electrons. The number of nitro benzene ring substituents is 1. The summed E-state index contributed by atoms with van der Waals surface area (Å²) in [5.74, 6) is -0.884. The van der Waals surface area contributed by atoms with Gasteiger partial charge in [-0.2, -0.15) is 0 Å². The van der Waals surface area contributed by atoms with Crippen molar-refractivity contribution in [3.63, 3.8) is 0 Å². The Kier molecular flexibility index (Phi) is 5.20. The molecule has 0 aromatic heterocycles. The number of carbonyl (C=O) groups is 2. The number of esters is 2. The quantitative estimate of drug-likeness (QED) is 0.446. The molecule has 3 rings (SSSR count). The molecular formula is C18H15NO8. The van der Waals surface area contributed by atoms with Gasteiger partial charge in [0.1, 0.15) is 25.4 Å². The summed E-state index contributed by atoms with van der Waals surface area (Å²) in [5.41, 5.74) is 0.312. The minimum absolute atomic E-state index is 0.119. The fourth-order valence-corrected chi connectivity index (χ4v) is 2.47. The monoisotopic (exact) mass is 373 g/mol. The Morgan fingerprint density at radius 2 is 1.70 bits per heavy atom. The number of nitro groups is 1. The van der Waals surface area contributed by atoms with Gasteiger partial charge in [-0.15, -0.1) is 0 Å². The van der Waals surface area contributed by atoms with E-state index in [2.05, 4.69) is 4.74 Å². The van der Waals surface area contributed by atoms with Crippen molar-refractivity contribution < 1.29 is 33.5 Å². The molecule has 0 bridgehead atoms. The number of benzene rings is 2. The lowest BCUT2D eigenvalue weighted by Gasteiger charge is -2.18. The summed E-state index contributed by atoms with van der Waals surface area (Å²) in [5, 5.41) is 11.3. The Balaban J connectivity index is 1.76. The second-order valence-electron chi connectivity index (χ2n) is 5.53. The zero-order chi connectivity index (χ0) is 19.4. The van der Waals surface area contributed by atoms with E-state index in [0.29, 0.717) is 11.1 Å². The molecule has 0 saturated heterocycles. The van der Waals surface area contributed by atoms with Crippen LogP contribution in [0.2, 0.25) is 0 Å². The fourth-order valence-electron chi connectivity index (χ4n) is 2.47. The molecular weight excluding hydrogens is 358 g/mol. The minimum Gasteiger partial charge on any atom is -0.486 e. The summed E-state index contributed by atoms with van der Waals surface area (Å²) in [4.78, 5) is 34.3. The third kappa shape index (κ3) is 3.97. The molecule has 0 atom stereocenters. The Morgan fingerprint density at radius 3 is 2.30 bits per heavy atom. The first kappa shape index (κ1) is 18.2. The fraction of sp³-hybridized carbons (Fsp3) is 0.222.